The highest BCUT2D eigenvalue weighted by atomic mass is 32.1. The third-order valence-corrected chi connectivity index (χ3v) is 6.24. The first-order valence-electron chi connectivity index (χ1n) is 10.6. The summed E-state index contributed by atoms with van der Waals surface area (Å²) >= 11 is 1.28. The van der Waals surface area contributed by atoms with E-state index in [1.807, 2.05) is 17.5 Å². The van der Waals surface area contributed by atoms with E-state index in [0.29, 0.717) is 21.7 Å². The van der Waals surface area contributed by atoms with Crippen molar-refractivity contribution in [2.45, 2.75) is 38.2 Å². The van der Waals surface area contributed by atoms with Crippen LogP contribution < -0.4 is 5.32 Å². The molecule has 4 rings (SSSR count). The van der Waals surface area contributed by atoms with Crippen molar-refractivity contribution in [3.05, 3.63) is 77.2 Å². The minimum Gasteiger partial charge on any atom is -0.459 e. The highest BCUT2D eigenvalue weighted by Gasteiger charge is 2.26. The number of anilines is 1. The van der Waals surface area contributed by atoms with Crippen LogP contribution in [0.25, 0.3) is 17.2 Å². The van der Waals surface area contributed by atoms with E-state index in [1.54, 1.807) is 30.6 Å². The Bertz CT molecular complexity index is 1100. The van der Waals surface area contributed by atoms with Gasteiger partial charge in [-0.05, 0) is 67.2 Å². The number of esters is 1. The fourth-order valence-corrected chi connectivity index (χ4v) is 4.65. The molecular formula is C25H23FN2O3S. The normalized spacial score (nSPS) is 14.4. The van der Waals surface area contributed by atoms with Gasteiger partial charge in [-0.15, -0.1) is 11.3 Å². The van der Waals surface area contributed by atoms with E-state index in [9.17, 15) is 14.0 Å². The summed E-state index contributed by atoms with van der Waals surface area (Å²) in [7, 11) is 0. The average molecular weight is 451 g/mol. The van der Waals surface area contributed by atoms with Crippen molar-refractivity contribution >= 4 is 34.3 Å². The number of aromatic nitrogens is 1. The first-order valence-corrected chi connectivity index (χ1v) is 11.5. The molecule has 1 fully saturated rings. The van der Waals surface area contributed by atoms with Gasteiger partial charge in [0, 0.05) is 29.4 Å². The fraction of sp³-hybridized carbons (Fsp3) is 0.240. The molecule has 3 aromatic rings. The number of ether oxygens (including phenoxy) is 1. The summed E-state index contributed by atoms with van der Waals surface area (Å²) in [6.07, 6.45) is 11.2. The molecule has 2 aromatic heterocycles. The predicted molar refractivity (Wildman–Crippen MR) is 124 cm³/mol. The number of pyridine rings is 1. The second-order valence-corrected chi connectivity index (χ2v) is 8.51. The molecule has 5 nitrogen and oxygen atoms in total. The van der Waals surface area contributed by atoms with Crippen LogP contribution in [-0.4, -0.2) is 23.0 Å². The molecule has 1 aliphatic rings. The molecule has 1 N–H and O–H groups in total. The van der Waals surface area contributed by atoms with Gasteiger partial charge in [-0.25, -0.2) is 9.18 Å². The molecule has 0 spiro atoms. The average Bonchev–Trinajstić information content (AvgIpc) is 3.23. The van der Waals surface area contributed by atoms with Crippen LogP contribution in [0.5, 0.6) is 0 Å². The Balaban J connectivity index is 1.56. The highest BCUT2D eigenvalue weighted by Crippen LogP contribution is 2.37. The Kier molecular flexibility index (Phi) is 7.07. The Labute approximate surface area is 190 Å². The third kappa shape index (κ3) is 5.48. The van der Waals surface area contributed by atoms with Crippen molar-refractivity contribution < 1.29 is 18.7 Å². The fourth-order valence-electron chi connectivity index (χ4n) is 3.69. The Hall–Kier alpha value is -3.32. The van der Waals surface area contributed by atoms with Crippen molar-refractivity contribution in [2.75, 3.05) is 5.32 Å². The minimum atomic E-state index is -0.428. The lowest BCUT2D eigenvalue weighted by molar-refractivity contribution is -0.111. The summed E-state index contributed by atoms with van der Waals surface area (Å²) in [5.74, 6) is -1.15. The molecule has 1 amide bonds. The molecule has 1 saturated carbocycles. The first-order chi connectivity index (χ1) is 15.6. The molecule has 2 heterocycles. The van der Waals surface area contributed by atoms with Crippen LogP contribution in [-0.2, 0) is 9.53 Å². The number of hydrogen-bond donors (Lipinski definition) is 1. The maximum atomic E-state index is 13.1. The van der Waals surface area contributed by atoms with Crippen molar-refractivity contribution in [1.29, 1.82) is 0 Å². The lowest BCUT2D eigenvalue weighted by Gasteiger charge is -2.22. The number of nitrogens with zero attached hydrogens (tertiary/aromatic N) is 1. The van der Waals surface area contributed by atoms with Gasteiger partial charge in [-0.3, -0.25) is 9.78 Å². The van der Waals surface area contributed by atoms with Gasteiger partial charge in [0.15, 0.2) is 0 Å². The van der Waals surface area contributed by atoms with E-state index in [0.717, 1.165) is 37.7 Å². The summed E-state index contributed by atoms with van der Waals surface area (Å²) in [4.78, 5) is 29.7. The Morgan fingerprint density at radius 3 is 2.50 bits per heavy atom. The SMILES string of the molecule is O=C(/C=C/c1ccc(F)cc1)Nc1scc(-c2ccncc2)c1C(=O)OC1CCCCC1. The van der Waals surface area contributed by atoms with Crippen molar-refractivity contribution in [3.63, 3.8) is 0 Å². The van der Waals surface area contributed by atoms with Crippen molar-refractivity contribution in [1.82, 2.24) is 4.98 Å². The molecule has 164 valence electrons. The zero-order valence-electron chi connectivity index (χ0n) is 17.4. The number of hydrogen-bond acceptors (Lipinski definition) is 5. The van der Waals surface area contributed by atoms with E-state index >= 15 is 0 Å². The number of rotatable bonds is 6. The van der Waals surface area contributed by atoms with Crippen LogP contribution in [0.15, 0.2) is 60.2 Å². The third-order valence-electron chi connectivity index (χ3n) is 5.35. The molecule has 0 saturated heterocycles. The van der Waals surface area contributed by atoms with E-state index < -0.39 is 5.97 Å². The lowest BCUT2D eigenvalue weighted by atomic mass is 9.97. The van der Waals surface area contributed by atoms with Crippen LogP contribution in [0.2, 0.25) is 0 Å². The van der Waals surface area contributed by atoms with Crippen LogP contribution >= 0.6 is 11.3 Å². The molecule has 7 heteroatoms. The van der Waals surface area contributed by atoms with Gasteiger partial charge in [-0.1, -0.05) is 18.6 Å². The minimum absolute atomic E-state index is 0.0941. The number of benzene rings is 1. The van der Waals surface area contributed by atoms with E-state index in [2.05, 4.69) is 10.3 Å². The topological polar surface area (TPSA) is 68.3 Å². The van der Waals surface area contributed by atoms with E-state index in [4.69, 9.17) is 4.74 Å². The van der Waals surface area contributed by atoms with Crippen molar-refractivity contribution in [2.24, 2.45) is 0 Å². The molecule has 0 aliphatic heterocycles. The van der Waals surface area contributed by atoms with Gasteiger partial charge in [0.2, 0.25) is 5.91 Å². The number of thiophene rings is 1. The summed E-state index contributed by atoms with van der Waals surface area (Å²) < 4.78 is 18.9. The number of carbonyl (C=O) groups is 2. The second-order valence-electron chi connectivity index (χ2n) is 7.63. The van der Waals surface area contributed by atoms with E-state index in [-0.39, 0.29) is 17.8 Å². The predicted octanol–water partition coefficient (Wildman–Crippen LogP) is 6.09. The summed E-state index contributed by atoms with van der Waals surface area (Å²) in [6.45, 7) is 0. The zero-order valence-corrected chi connectivity index (χ0v) is 18.2. The molecular weight excluding hydrogens is 427 g/mol. The van der Waals surface area contributed by atoms with Crippen LogP contribution in [0.1, 0.15) is 48.0 Å². The van der Waals surface area contributed by atoms with Gasteiger partial charge >= 0.3 is 5.97 Å². The molecule has 0 unspecified atom stereocenters. The number of amides is 1. The number of carbonyl (C=O) groups excluding carboxylic acids is 2. The monoisotopic (exact) mass is 450 g/mol. The molecule has 0 atom stereocenters. The number of halogens is 1. The maximum Gasteiger partial charge on any atom is 0.342 e. The first kappa shape index (κ1) is 21.9. The smallest absolute Gasteiger partial charge is 0.342 e. The maximum absolute atomic E-state index is 13.1. The molecule has 1 aromatic carbocycles. The standard InChI is InChI=1S/C25H23FN2O3S/c26-19-9-6-17(7-10-19)8-11-22(29)28-24-23(25(30)31-20-4-2-1-3-5-20)21(16-32-24)18-12-14-27-15-13-18/h6-16,20H,1-5H2,(H,28,29)/b11-8+. The summed E-state index contributed by atoms with van der Waals surface area (Å²) in [6, 6.07) is 9.46. The molecule has 32 heavy (non-hydrogen) atoms. The number of nitrogens with one attached hydrogen (secondary N) is 1. The van der Waals surface area contributed by atoms with Gasteiger partial charge in [-0.2, -0.15) is 0 Å². The van der Waals surface area contributed by atoms with Gasteiger partial charge in [0.25, 0.3) is 0 Å². The van der Waals surface area contributed by atoms with E-state index in [1.165, 1.54) is 29.5 Å². The largest absolute Gasteiger partial charge is 0.459 e. The van der Waals surface area contributed by atoms with Crippen molar-refractivity contribution in [3.8, 4) is 11.1 Å². The second kappa shape index (κ2) is 10.3. The zero-order chi connectivity index (χ0) is 22.3. The van der Waals surface area contributed by atoms with Gasteiger partial charge in [0.05, 0.1) is 0 Å². The molecule has 0 radical (unpaired) electrons. The van der Waals surface area contributed by atoms with Gasteiger partial charge in [0.1, 0.15) is 22.5 Å². The molecule has 1 aliphatic carbocycles. The summed E-state index contributed by atoms with van der Waals surface area (Å²) in [5, 5.41) is 5.08. The lowest BCUT2D eigenvalue weighted by Crippen LogP contribution is -2.22. The summed E-state index contributed by atoms with van der Waals surface area (Å²) in [5.41, 5.74) is 2.59. The van der Waals surface area contributed by atoms with Crippen LogP contribution in [0, 0.1) is 5.82 Å². The van der Waals surface area contributed by atoms with Gasteiger partial charge < -0.3 is 10.1 Å². The Morgan fingerprint density at radius 2 is 1.78 bits per heavy atom. The van der Waals surface area contributed by atoms with Crippen LogP contribution in [0.4, 0.5) is 9.39 Å². The quantitative estimate of drug-likeness (QED) is 0.364. The highest BCUT2D eigenvalue weighted by molar-refractivity contribution is 7.15. The van der Waals surface area contributed by atoms with Crippen LogP contribution in [0.3, 0.4) is 0 Å². The molecule has 0 bridgehead atoms. The Morgan fingerprint density at radius 1 is 1.06 bits per heavy atom.